The summed E-state index contributed by atoms with van der Waals surface area (Å²) in [5, 5.41) is 3.43. The Morgan fingerprint density at radius 2 is 2.00 bits per heavy atom. The highest BCUT2D eigenvalue weighted by molar-refractivity contribution is 5.04. The summed E-state index contributed by atoms with van der Waals surface area (Å²) in [6, 6.07) is 0.492. The van der Waals surface area contributed by atoms with Crippen LogP contribution >= 0.6 is 0 Å². The Bertz CT molecular complexity index is 358. The molecule has 110 valence electrons. The standard InChI is InChI=1S/C15H29N3O/c1-12(2)6-8-19-9-7-18-14(5)17-11-15(18)10-16-13(3)4/h11-13,16H,6-10H2,1-5H3. The molecule has 4 heteroatoms. The molecule has 0 spiro atoms. The Morgan fingerprint density at radius 1 is 1.26 bits per heavy atom. The number of aromatic nitrogens is 2. The van der Waals surface area contributed by atoms with Crippen LogP contribution in [0.1, 0.15) is 45.6 Å². The highest BCUT2D eigenvalue weighted by Gasteiger charge is 2.06. The number of aryl methyl sites for hydroxylation is 1. The van der Waals surface area contributed by atoms with Crippen LogP contribution in [0.25, 0.3) is 0 Å². The summed E-state index contributed by atoms with van der Waals surface area (Å²) in [7, 11) is 0. The van der Waals surface area contributed by atoms with Crippen molar-refractivity contribution >= 4 is 0 Å². The summed E-state index contributed by atoms with van der Waals surface area (Å²) in [5.41, 5.74) is 1.23. The topological polar surface area (TPSA) is 39.1 Å². The molecule has 0 radical (unpaired) electrons. The molecule has 0 aliphatic heterocycles. The van der Waals surface area contributed by atoms with E-state index >= 15 is 0 Å². The van der Waals surface area contributed by atoms with Gasteiger partial charge in [-0.25, -0.2) is 4.98 Å². The monoisotopic (exact) mass is 267 g/mol. The number of imidazole rings is 1. The van der Waals surface area contributed by atoms with Crippen LogP contribution in [0.3, 0.4) is 0 Å². The van der Waals surface area contributed by atoms with Crippen molar-refractivity contribution in [3.63, 3.8) is 0 Å². The van der Waals surface area contributed by atoms with Crippen molar-refractivity contribution in [3.05, 3.63) is 17.7 Å². The zero-order valence-electron chi connectivity index (χ0n) is 13.1. The maximum Gasteiger partial charge on any atom is 0.105 e. The first kappa shape index (κ1) is 16.2. The number of hydrogen-bond donors (Lipinski definition) is 1. The molecule has 0 saturated heterocycles. The average molecular weight is 267 g/mol. The van der Waals surface area contributed by atoms with Gasteiger partial charge in [-0.2, -0.15) is 0 Å². The number of nitrogens with zero attached hydrogens (tertiary/aromatic N) is 2. The van der Waals surface area contributed by atoms with Crippen LogP contribution in [0.4, 0.5) is 0 Å². The Morgan fingerprint density at radius 3 is 2.63 bits per heavy atom. The predicted molar refractivity (Wildman–Crippen MR) is 79.2 cm³/mol. The van der Waals surface area contributed by atoms with Crippen LogP contribution < -0.4 is 5.32 Å². The second kappa shape index (κ2) is 8.33. The summed E-state index contributed by atoms with van der Waals surface area (Å²) in [6.07, 6.45) is 3.09. The van der Waals surface area contributed by atoms with E-state index in [1.807, 2.05) is 13.1 Å². The molecule has 0 saturated carbocycles. The molecule has 0 aliphatic rings. The van der Waals surface area contributed by atoms with E-state index in [2.05, 4.69) is 42.6 Å². The quantitative estimate of drug-likeness (QED) is 0.699. The Hall–Kier alpha value is -0.870. The van der Waals surface area contributed by atoms with Gasteiger partial charge in [-0.15, -0.1) is 0 Å². The molecule has 4 nitrogen and oxygen atoms in total. The first-order valence-electron chi connectivity index (χ1n) is 7.32. The highest BCUT2D eigenvalue weighted by atomic mass is 16.5. The minimum atomic E-state index is 0.492. The summed E-state index contributed by atoms with van der Waals surface area (Å²) in [5.74, 6) is 1.77. The molecule has 0 aliphatic carbocycles. The summed E-state index contributed by atoms with van der Waals surface area (Å²) < 4.78 is 7.93. The van der Waals surface area contributed by atoms with Gasteiger partial charge in [-0.1, -0.05) is 27.7 Å². The van der Waals surface area contributed by atoms with E-state index in [-0.39, 0.29) is 0 Å². The normalized spacial score (nSPS) is 11.7. The minimum Gasteiger partial charge on any atom is -0.380 e. The van der Waals surface area contributed by atoms with Gasteiger partial charge in [0.05, 0.1) is 12.3 Å². The summed E-state index contributed by atoms with van der Waals surface area (Å²) in [6.45, 7) is 14.2. The van der Waals surface area contributed by atoms with Crippen molar-refractivity contribution in [1.82, 2.24) is 14.9 Å². The molecular formula is C15H29N3O. The fraction of sp³-hybridized carbons (Fsp3) is 0.800. The van der Waals surface area contributed by atoms with E-state index < -0.39 is 0 Å². The molecule has 1 aromatic heterocycles. The molecule has 1 rings (SSSR count). The lowest BCUT2D eigenvalue weighted by Gasteiger charge is -2.13. The summed E-state index contributed by atoms with van der Waals surface area (Å²) >= 11 is 0. The lowest BCUT2D eigenvalue weighted by Crippen LogP contribution is -2.24. The van der Waals surface area contributed by atoms with E-state index in [1.54, 1.807) is 0 Å². The molecule has 0 aromatic carbocycles. The third-order valence-electron chi connectivity index (χ3n) is 3.13. The number of ether oxygens (including phenoxy) is 1. The summed E-state index contributed by atoms with van der Waals surface area (Å²) in [4.78, 5) is 4.39. The van der Waals surface area contributed by atoms with E-state index in [1.165, 1.54) is 5.69 Å². The van der Waals surface area contributed by atoms with Gasteiger partial charge in [0.2, 0.25) is 0 Å². The van der Waals surface area contributed by atoms with Crippen molar-refractivity contribution in [2.24, 2.45) is 5.92 Å². The predicted octanol–water partition coefficient (Wildman–Crippen LogP) is 2.75. The zero-order valence-corrected chi connectivity index (χ0v) is 13.1. The van der Waals surface area contributed by atoms with Crippen LogP contribution in [0.5, 0.6) is 0 Å². The Kier molecular flexibility index (Phi) is 7.10. The van der Waals surface area contributed by atoms with Gasteiger partial charge < -0.3 is 14.6 Å². The lowest BCUT2D eigenvalue weighted by molar-refractivity contribution is 0.115. The zero-order chi connectivity index (χ0) is 14.3. The second-order valence-electron chi connectivity index (χ2n) is 5.78. The number of hydrogen-bond acceptors (Lipinski definition) is 3. The van der Waals surface area contributed by atoms with Crippen LogP contribution in [-0.4, -0.2) is 28.8 Å². The van der Waals surface area contributed by atoms with Crippen LogP contribution in [0, 0.1) is 12.8 Å². The fourth-order valence-corrected chi connectivity index (χ4v) is 1.85. The molecule has 1 heterocycles. The van der Waals surface area contributed by atoms with Gasteiger partial charge in [0.1, 0.15) is 5.82 Å². The molecule has 19 heavy (non-hydrogen) atoms. The Balaban J connectivity index is 2.37. The molecule has 0 unspecified atom stereocenters. The molecule has 1 aromatic rings. The van der Waals surface area contributed by atoms with E-state index in [4.69, 9.17) is 4.74 Å². The van der Waals surface area contributed by atoms with Gasteiger partial charge in [-0.3, -0.25) is 0 Å². The van der Waals surface area contributed by atoms with E-state index in [0.717, 1.165) is 38.5 Å². The number of nitrogens with one attached hydrogen (secondary N) is 1. The van der Waals surface area contributed by atoms with Crippen LogP contribution in [0.15, 0.2) is 6.20 Å². The maximum absolute atomic E-state index is 5.68. The maximum atomic E-state index is 5.68. The van der Waals surface area contributed by atoms with Gasteiger partial charge >= 0.3 is 0 Å². The Labute approximate surface area is 117 Å². The third kappa shape index (κ3) is 6.21. The van der Waals surface area contributed by atoms with Crippen molar-refractivity contribution in [1.29, 1.82) is 0 Å². The first-order valence-corrected chi connectivity index (χ1v) is 7.32. The molecular weight excluding hydrogens is 238 g/mol. The third-order valence-corrected chi connectivity index (χ3v) is 3.13. The smallest absolute Gasteiger partial charge is 0.105 e. The van der Waals surface area contributed by atoms with Crippen LogP contribution in [-0.2, 0) is 17.8 Å². The largest absolute Gasteiger partial charge is 0.380 e. The SMILES string of the molecule is Cc1ncc(CNC(C)C)n1CCOCCC(C)C. The van der Waals surface area contributed by atoms with Crippen molar-refractivity contribution < 1.29 is 4.74 Å². The lowest BCUT2D eigenvalue weighted by atomic mass is 10.1. The fourth-order valence-electron chi connectivity index (χ4n) is 1.85. The van der Waals surface area contributed by atoms with E-state index in [0.29, 0.717) is 12.0 Å². The van der Waals surface area contributed by atoms with Gasteiger partial charge in [0.25, 0.3) is 0 Å². The van der Waals surface area contributed by atoms with Gasteiger partial charge in [0.15, 0.2) is 0 Å². The van der Waals surface area contributed by atoms with Crippen LogP contribution in [0.2, 0.25) is 0 Å². The average Bonchev–Trinajstić information content (AvgIpc) is 2.67. The highest BCUT2D eigenvalue weighted by Crippen LogP contribution is 2.06. The van der Waals surface area contributed by atoms with Crippen molar-refractivity contribution in [2.45, 2.75) is 60.2 Å². The first-order chi connectivity index (χ1) is 9.00. The van der Waals surface area contributed by atoms with Crippen molar-refractivity contribution in [2.75, 3.05) is 13.2 Å². The molecule has 0 bridgehead atoms. The minimum absolute atomic E-state index is 0.492. The van der Waals surface area contributed by atoms with E-state index in [9.17, 15) is 0 Å². The van der Waals surface area contributed by atoms with Gasteiger partial charge in [-0.05, 0) is 19.3 Å². The second-order valence-corrected chi connectivity index (χ2v) is 5.78. The molecule has 0 fully saturated rings. The number of rotatable bonds is 9. The molecule has 0 amide bonds. The van der Waals surface area contributed by atoms with Gasteiger partial charge in [0, 0.05) is 31.9 Å². The van der Waals surface area contributed by atoms with Crippen molar-refractivity contribution in [3.8, 4) is 0 Å². The molecule has 0 atom stereocenters. The molecule has 1 N–H and O–H groups in total.